The Hall–Kier alpha value is -1.06. The first-order valence-corrected chi connectivity index (χ1v) is 4.10. The molecule has 0 radical (unpaired) electrons. The molecule has 4 heteroatoms. The fourth-order valence-electron chi connectivity index (χ4n) is 1.01. The highest BCUT2D eigenvalue weighted by Gasteiger charge is 2.26. The molecule has 0 spiro atoms. The molecule has 1 atom stereocenters. The topological polar surface area (TPSA) is 55.4 Å². The van der Waals surface area contributed by atoms with Gasteiger partial charge in [-0.2, -0.15) is 0 Å². The van der Waals surface area contributed by atoms with Crippen molar-refractivity contribution in [3.05, 3.63) is 0 Å². The van der Waals surface area contributed by atoms with Crippen LogP contribution < -0.4 is 5.32 Å². The summed E-state index contributed by atoms with van der Waals surface area (Å²) in [6.45, 7) is 0. The van der Waals surface area contributed by atoms with E-state index >= 15 is 0 Å². The maximum Gasteiger partial charge on any atom is 0.407 e. The van der Waals surface area contributed by atoms with Gasteiger partial charge in [0.25, 0.3) is 0 Å². The predicted molar refractivity (Wildman–Crippen MR) is 42.7 cm³/mol. The third-order valence-electron chi connectivity index (χ3n) is 1.88. The Morgan fingerprint density at radius 2 is 2.42 bits per heavy atom. The molecule has 0 aromatic carbocycles. The molecule has 0 aromatic heterocycles. The molecule has 1 N–H and O–H groups in total. The average molecular weight is 171 g/mol. The lowest BCUT2D eigenvalue weighted by molar-refractivity contribution is -0.115. The lowest BCUT2D eigenvalue weighted by Crippen LogP contribution is -2.27. The van der Waals surface area contributed by atoms with Gasteiger partial charge in [0.15, 0.2) is 12.4 Å². The fraction of sp³-hybridized carbons (Fsp3) is 0.750. The number of hydrogen-bond donors (Lipinski definition) is 1. The molecule has 4 nitrogen and oxygen atoms in total. The summed E-state index contributed by atoms with van der Waals surface area (Å²) in [6.07, 6.45) is 2.58. The van der Waals surface area contributed by atoms with Crippen LogP contribution in [-0.2, 0) is 9.53 Å². The maximum atomic E-state index is 10.7. The lowest BCUT2D eigenvalue weighted by atomic mass is 10.2. The third kappa shape index (κ3) is 2.90. The van der Waals surface area contributed by atoms with Crippen molar-refractivity contribution in [2.24, 2.45) is 5.92 Å². The van der Waals surface area contributed by atoms with Crippen LogP contribution in [0.4, 0.5) is 4.79 Å². The Balaban J connectivity index is 2.23. The van der Waals surface area contributed by atoms with Gasteiger partial charge >= 0.3 is 6.09 Å². The molecule has 1 aliphatic rings. The number of amides is 1. The normalized spacial score (nSPS) is 18.1. The second-order valence-corrected chi connectivity index (χ2v) is 3.01. The van der Waals surface area contributed by atoms with Crippen LogP contribution in [0.5, 0.6) is 0 Å². The summed E-state index contributed by atoms with van der Waals surface area (Å²) >= 11 is 0. The van der Waals surface area contributed by atoms with Crippen molar-refractivity contribution in [2.75, 3.05) is 7.05 Å². The van der Waals surface area contributed by atoms with Gasteiger partial charge in [-0.05, 0) is 12.3 Å². The Labute approximate surface area is 71.3 Å². The first-order chi connectivity index (χ1) is 5.76. The summed E-state index contributed by atoms with van der Waals surface area (Å²) in [5.74, 6) is 0.588. The highest BCUT2D eigenvalue weighted by atomic mass is 16.6. The van der Waals surface area contributed by atoms with E-state index in [0.29, 0.717) is 18.6 Å². The smallest absolute Gasteiger partial charge is 0.407 e. The molecule has 0 heterocycles. The Bertz CT molecular complexity index is 177. The first-order valence-electron chi connectivity index (χ1n) is 4.10. The van der Waals surface area contributed by atoms with Crippen LogP contribution in [0.1, 0.15) is 19.3 Å². The molecule has 1 rings (SSSR count). The van der Waals surface area contributed by atoms with Gasteiger partial charge in [0, 0.05) is 7.05 Å². The molecule has 0 aliphatic heterocycles. The van der Waals surface area contributed by atoms with E-state index in [0.717, 1.165) is 12.8 Å². The molecule has 1 amide bonds. The summed E-state index contributed by atoms with van der Waals surface area (Å²) in [5, 5.41) is 2.30. The molecule has 12 heavy (non-hydrogen) atoms. The fourth-order valence-corrected chi connectivity index (χ4v) is 1.01. The van der Waals surface area contributed by atoms with Crippen molar-refractivity contribution in [3.63, 3.8) is 0 Å². The van der Waals surface area contributed by atoms with Gasteiger partial charge in [-0.1, -0.05) is 12.8 Å². The van der Waals surface area contributed by atoms with E-state index in [4.69, 9.17) is 4.74 Å². The summed E-state index contributed by atoms with van der Waals surface area (Å²) in [5.41, 5.74) is 0. The second kappa shape index (κ2) is 4.09. The van der Waals surface area contributed by atoms with Crippen LogP contribution in [0.15, 0.2) is 0 Å². The monoisotopic (exact) mass is 171 g/mol. The van der Waals surface area contributed by atoms with Crippen molar-refractivity contribution in [3.8, 4) is 0 Å². The van der Waals surface area contributed by atoms with Gasteiger partial charge in [0.2, 0.25) is 0 Å². The van der Waals surface area contributed by atoms with E-state index in [-0.39, 0.29) is 0 Å². The third-order valence-corrected chi connectivity index (χ3v) is 1.88. The summed E-state index contributed by atoms with van der Waals surface area (Å²) in [6, 6.07) is 0. The maximum absolute atomic E-state index is 10.7. The Morgan fingerprint density at radius 1 is 1.75 bits per heavy atom. The lowest BCUT2D eigenvalue weighted by Gasteiger charge is -2.10. The van der Waals surface area contributed by atoms with Crippen LogP contribution in [0, 0.1) is 5.92 Å². The Kier molecular flexibility index (Phi) is 3.08. The van der Waals surface area contributed by atoms with Crippen LogP contribution in [-0.4, -0.2) is 25.5 Å². The molecule has 1 fully saturated rings. The number of alkyl carbamates (subject to hydrolysis) is 1. The zero-order valence-corrected chi connectivity index (χ0v) is 7.08. The summed E-state index contributed by atoms with van der Waals surface area (Å²) in [7, 11) is 1.47. The van der Waals surface area contributed by atoms with Gasteiger partial charge in [-0.3, -0.25) is 4.79 Å². The van der Waals surface area contributed by atoms with Crippen LogP contribution in [0.2, 0.25) is 0 Å². The van der Waals surface area contributed by atoms with E-state index in [1.165, 1.54) is 7.05 Å². The van der Waals surface area contributed by atoms with Gasteiger partial charge in [-0.15, -0.1) is 0 Å². The minimum absolute atomic E-state index is 0.534. The van der Waals surface area contributed by atoms with Crippen molar-refractivity contribution in [1.82, 2.24) is 5.32 Å². The minimum Gasteiger partial charge on any atom is -0.439 e. The predicted octanol–water partition coefficient (Wildman–Crippen LogP) is 0.710. The number of carbonyl (C=O) groups excluding carboxylic acids is 2. The molecule has 0 saturated heterocycles. The highest BCUT2D eigenvalue weighted by molar-refractivity contribution is 5.70. The van der Waals surface area contributed by atoms with Gasteiger partial charge in [-0.25, -0.2) is 4.79 Å². The number of hydrogen-bond acceptors (Lipinski definition) is 3. The van der Waals surface area contributed by atoms with Crippen molar-refractivity contribution in [1.29, 1.82) is 0 Å². The van der Waals surface area contributed by atoms with E-state index in [1.807, 2.05) is 0 Å². The SMILES string of the molecule is CNC(=O)OC(C=O)CC1CC1. The number of nitrogens with one attached hydrogen (secondary N) is 1. The largest absolute Gasteiger partial charge is 0.439 e. The molecule has 0 aromatic rings. The molecule has 0 bridgehead atoms. The molecule has 1 saturated carbocycles. The number of ether oxygens (including phenoxy) is 1. The molecule has 1 unspecified atom stereocenters. The molecule has 68 valence electrons. The van der Waals surface area contributed by atoms with Crippen molar-refractivity contribution < 1.29 is 14.3 Å². The van der Waals surface area contributed by atoms with Crippen molar-refractivity contribution in [2.45, 2.75) is 25.4 Å². The number of rotatable bonds is 4. The average Bonchev–Trinajstić information content (AvgIpc) is 2.86. The number of aldehydes is 1. The second-order valence-electron chi connectivity index (χ2n) is 3.01. The van der Waals surface area contributed by atoms with E-state index in [2.05, 4.69) is 5.32 Å². The Morgan fingerprint density at radius 3 is 2.83 bits per heavy atom. The van der Waals surface area contributed by atoms with Gasteiger partial charge in [0.1, 0.15) is 0 Å². The van der Waals surface area contributed by atoms with Crippen LogP contribution in [0.3, 0.4) is 0 Å². The van der Waals surface area contributed by atoms with Gasteiger partial charge in [0.05, 0.1) is 0 Å². The minimum atomic E-state index is -0.558. The highest BCUT2D eigenvalue weighted by Crippen LogP contribution is 2.33. The van der Waals surface area contributed by atoms with E-state index in [1.54, 1.807) is 0 Å². The zero-order chi connectivity index (χ0) is 8.97. The van der Waals surface area contributed by atoms with E-state index in [9.17, 15) is 9.59 Å². The zero-order valence-electron chi connectivity index (χ0n) is 7.08. The molecular weight excluding hydrogens is 158 g/mol. The summed E-state index contributed by atoms with van der Waals surface area (Å²) in [4.78, 5) is 21.1. The van der Waals surface area contributed by atoms with Gasteiger partial charge < -0.3 is 10.1 Å². The summed E-state index contributed by atoms with van der Waals surface area (Å²) < 4.78 is 4.78. The van der Waals surface area contributed by atoms with Crippen LogP contribution in [0.25, 0.3) is 0 Å². The van der Waals surface area contributed by atoms with Crippen molar-refractivity contribution >= 4 is 12.4 Å². The standard InChI is InChI=1S/C8H13NO3/c1-9-8(11)12-7(5-10)4-6-2-3-6/h5-7H,2-4H2,1H3,(H,9,11). The van der Waals surface area contributed by atoms with Crippen LogP contribution >= 0.6 is 0 Å². The van der Waals surface area contributed by atoms with E-state index < -0.39 is 12.2 Å². The molecule has 1 aliphatic carbocycles. The number of carbonyl (C=O) groups is 2. The first kappa shape index (κ1) is 9.03. The quantitative estimate of drug-likeness (QED) is 0.634. The molecular formula is C8H13NO3.